The van der Waals surface area contributed by atoms with Gasteiger partial charge in [-0.05, 0) is 66.9 Å². The zero-order chi connectivity index (χ0) is 23.4. The second-order valence-electron chi connectivity index (χ2n) is 7.72. The molecule has 0 aliphatic heterocycles. The molecular formula is C25H25N3O4S. The van der Waals surface area contributed by atoms with Crippen molar-refractivity contribution in [2.24, 2.45) is 0 Å². The first-order valence-electron chi connectivity index (χ1n) is 10.7. The number of sulfone groups is 1. The monoisotopic (exact) mass is 463 g/mol. The molecule has 170 valence electrons. The van der Waals surface area contributed by atoms with E-state index < -0.39 is 9.84 Å². The number of nitrogens with zero attached hydrogens (tertiary/aromatic N) is 2. The molecule has 0 fully saturated rings. The van der Waals surface area contributed by atoms with E-state index in [4.69, 9.17) is 4.74 Å². The first kappa shape index (κ1) is 22.5. The summed E-state index contributed by atoms with van der Waals surface area (Å²) in [6, 6.07) is 15.0. The van der Waals surface area contributed by atoms with E-state index in [2.05, 4.69) is 10.3 Å². The molecule has 0 saturated carbocycles. The molecule has 33 heavy (non-hydrogen) atoms. The molecule has 0 aliphatic carbocycles. The predicted molar refractivity (Wildman–Crippen MR) is 125 cm³/mol. The average Bonchev–Trinajstić information content (AvgIpc) is 3.29. The lowest BCUT2D eigenvalue weighted by Crippen LogP contribution is -2.23. The maximum absolute atomic E-state index is 13.1. The summed E-state index contributed by atoms with van der Waals surface area (Å²) in [5.74, 6) is 0.440. The Kier molecular flexibility index (Phi) is 6.46. The van der Waals surface area contributed by atoms with Gasteiger partial charge >= 0.3 is 0 Å². The number of carbonyl (C=O) groups is 1. The molecule has 0 radical (unpaired) electrons. The number of fused-ring (bicyclic) bond motifs is 1. The Labute approximate surface area is 193 Å². The molecule has 8 heteroatoms. The van der Waals surface area contributed by atoms with Crippen LogP contribution < -0.4 is 10.1 Å². The number of ether oxygens (including phenoxy) is 1. The predicted octanol–water partition coefficient (Wildman–Crippen LogP) is 4.19. The summed E-state index contributed by atoms with van der Waals surface area (Å²) in [5.41, 5.74) is 2.71. The van der Waals surface area contributed by atoms with Crippen molar-refractivity contribution in [3.8, 4) is 5.75 Å². The Hall–Kier alpha value is -3.65. The van der Waals surface area contributed by atoms with Crippen molar-refractivity contribution in [1.29, 1.82) is 0 Å². The first-order chi connectivity index (χ1) is 15.9. The third kappa shape index (κ3) is 4.90. The van der Waals surface area contributed by atoms with Crippen molar-refractivity contribution in [3.63, 3.8) is 0 Å². The Morgan fingerprint density at radius 2 is 1.88 bits per heavy atom. The highest BCUT2D eigenvalue weighted by atomic mass is 32.2. The molecule has 0 aliphatic rings. The Balaban J connectivity index is 1.44. The highest BCUT2D eigenvalue weighted by molar-refractivity contribution is 7.91. The maximum Gasteiger partial charge on any atom is 0.253 e. The topological polar surface area (TPSA) is 89.8 Å². The van der Waals surface area contributed by atoms with Crippen LogP contribution in [0.15, 0.2) is 83.0 Å². The van der Waals surface area contributed by atoms with Crippen LogP contribution in [0.3, 0.4) is 0 Å². The van der Waals surface area contributed by atoms with E-state index in [-0.39, 0.29) is 22.2 Å². The van der Waals surface area contributed by atoms with Gasteiger partial charge in [-0.15, -0.1) is 0 Å². The van der Waals surface area contributed by atoms with Gasteiger partial charge in [0.2, 0.25) is 9.84 Å². The third-order valence-corrected chi connectivity index (χ3v) is 7.18. The van der Waals surface area contributed by atoms with Gasteiger partial charge in [-0.2, -0.15) is 0 Å². The number of aryl methyl sites for hydroxylation is 1. The van der Waals surface area contributed by atoms with Crippen LogP contribution in [0.2, 0.25) is 0 Å². The molecule has 0 spiro atoms. The van der Waals surface area contributed by atoms with Crippen molar-refractivity contribution in [3.05, 3.63) is 89.9 Å². The van der Waals surface area contributed by atoms with E-state index in [0.29, 0.717) is 23.5 Å². The van der Waals surface area contributed by atoms with Crippen LogP contribution in [-0.4, -0.2) is 30.3 Å². The van der Waals surface area contributed by atoms with Crippen LogP contribution in [0, 0.1) is 6.92 Å². The molecule has 4 rings (SSSR count). The minimum atomic E-state index is -3.66. The second kappa shape index (κ2) is 9.46. The molecule has 0 bridgehead atoms. The van der Waals surface area contributed by atoms with Gasteiger partial charge in [0.1, 0.15) is 11.4 Å². The number of imidazole rings is 1. The fraction of sp³-hybridized carbons (Fsp3) is 0.200. The molecule has 1 amide bonds. The molecule has 2 aromatic heterocycles. The van der Waals surface area contributed by atoms with Crippen molar-refractivity contribution >= 4 is 21.4 Å². The fourth-order valence-electron chi connectivity index (χ4n) is 3.49. The summed E-state index contributed by atoms with van der Waals surface area (Å²) in [6.45, 7) is 4.64. The molecule has 7 nitrogen and oxygen atoms in total. The van der Waals surface area contributed by atoms with Crippen molar-refractivity contribution in [2.75, 3.05) is 6.61 Å². The summed E-state index contributed by atoms with van der Waals surface area (Å²) < 4.78 is 33.6. The Bertz CT molecular complexity index is 1390. The molecular weight excluding hydrogens is 438 g/mol. The maximum atomic E-state index is 13.1. The normalized spacial score (nSPS) is 11.5. The highest BCUT2D eigenvalue weighted by Gasteiger charge is 2.20. The lowest BCUT2D eigenvalue weighted by atomic mass is 10.2. The molecule has 4 aromatic rings. The highest BCUT2D eigenvalue weighted by Crippen LogP contribution is 2.27. The number of aromatic nitrogens is 2. The van der Waals surface area contributed by atoms with Gasteiger partial charge in [0.05, 0.1) is 22.0 Å². The smallest absolute Gasteiger partial charge is 0.253 e. The quantitative estimate of drug-likeness (QED) is 0.423. The van der Waals surface area contributed by atoms with Crippen LogP contribution >= 0.6 is 0 Å². The summed E-state index contributed by atoms with van der Waals surface area (Å²) in [5, 5.41) is 2.86. The lowest BCUT2D eigenvalue weighted by molar-refractivity contribution is 0.0950. The van der Waals surface area contributed by atoms with Gasteiger partial charge in [-0.25, -0.2) is 13.4 Å². The Morgan fingerprint density at radius 1 is 1.09 bits per heavy atom. The molecule has 1 N–H and O–H groups in total. The van der Waals surface area contributed by atoms with E-state index in [1.165, 1.54) is 0 Å². The number of hydrogen-bond donors (Lipinski definition) is 1. The number of carbonyl (C=O) groups excluding carboxylic acids is 1. The largest absolute Gasteiger partial charge is 0.494 e. The number of hydrogen-bond acceptors (Lipinski definition) is 5. The number of amides is 1. The van der Waals surface area contributed by atoms with E-state index in [9.17, 15) is 13.2 Å². The molecule has 0 saturated heterocycles. The van der Waals surface area contributed by atoms with Crippen LogP contribution in [0.4, 0.5) is 0 Å². The first-order valence-corrected chi connectivity index (χ1v) is 12.1. The van der Waals surface area contributed by atoms with Gasteiger partial charge < -0.3 is 14.5 Å². The number of nitrogens with one attached hydrogen (secondary N) is 1. The van der Waals surface area contributed by atoms with E-state index >= 15 is 0 Å². The second-order valence-corrected chi connectivity index (χ2v) is 9.63. The summed E-state index contributed by atoms with van der Waals surface area (Å²) in [6.07, 6.45) is 6.04. The average molecular weight is 464 g/mol. The molecule has 0 atom stereocenters. The summed E-state index contributed by atoms with van der Waals surface area (Å²) in [4.78, 5) is 17.1. The van der Waals surface area contributed by atoms with Gasteiger partial charge in [-0.1, -0.05) is 19.1 Å². The fourth-order valence-corrected chi connectivity index (χ4v) is 4.96. The van der Waals surface area contributed by atoms with E-state index in [0.717, 1.165) is 17.6 Å². The van der Waals surface area contributed by atoms with Crippen molar-refractivity contribution in [2.45, 2.75) is 36.6 Å². The minimum Gasteiger partial charge on any atom is -0.494 e. The summed E-state index contributed by atoms with van der Waals surface area (Å²) >= 11 is 0. The number of pyridine rings is 1. The number of benzene rings is 2. The minimum absolute atomic E-state index is 0.202. The van der Waals surface area contributed by atoms with Gasteiger partial charge in [0.25, 0.3) is 5.91 Å². The van der Waals surface area contributed by atoms with Gasteiger partial charge in [0, 0.05) is 25.1 Å². The Morgan fingerprint density at radius 3 is 2.61 bits per heavy atom. The molecule has 2 aromatic carbocycles. The van der Waals surface area contributed by atoms with Crippen LogP contribution in [0.25, 0.3) is 5.65 Å². The van der Waals surface area contributed by atoms with Crippen LogP contribution in [0.1, 0.15) is 34.8 Å². The lowest BCUT2D eigenvalue weighted by Gasteiger charge is -2.11. The summed E-state index contributed by atoms with van der Waals surface area (Å²) in [7, 11) is -3.66. The van der Waals surface area contributed by atoms with Gasteiger partial charge in [0.15, 0.2) is 0 Å². The van der Waals surface area contributed by atoms with Crippen molar-refractivity contribution in [1.82, 2.24) is 14.7 Å². The molecule has 2 heterocycles. The van der Waals surface area contributed by atoms with E-state index in [1.807, 2.05) is 6.92 Å². The molecule has 0 unspecified atom stereocenters. The van der Waals surface area contributed by atoms with E-state index in [1.54, 1.807) is 84.5 Å². The standard InChI is InChI=1S/C25H25N3O4S/c1-3-14-32-21-7-10-23(18(2)15-21)33(30,31)22-8-4-19(5-9-22)16-27-25(29)20-6-11-24-26-12-13-28(24)17-20/h4-13,15,17H,3,14,16H2,1-2H3,(H,27,29). The SMILES string of the molecule is CCCOc1ccc(S(=O)(=O)c2ccc(CNC(=O)c3ccc4nccn4c3)cc2)c(C)c1. The van der Waals surface area contributed by atoms with Crippen LogP contribution in [0.5, 0.6) is 5.75 Å². The van der Waals surface area contributed by atoms with Crippen LogP contribution in [-0.2, 0) is 16.4 Å². The van der Waals surface area contributed by atoms with Crippen molar-refractivity contribution < 1.29 is 17.9 Å². The zero-order valence-corrected chi connectivity index (χ0v) is 19.3. The zero-order valence-electron chi connectivity index (χ0n) is 18.5. The number of rotatable bonds is 8. The van der Waals surface area contributed by atoms with Gasteiger partial charge in [-0.3, -0.25) is 4.79 Å². The third-order valence-electron chi connectivity index (χ3n) is 5.25.